The van der Waals surface area contributed by atoms with Crippen LogP contribution < -0.4 is 5.73 Å². The summed E-state index contributed by atoms with van der Waals surface area (Å²) in [6, 6.07) is 3.39. The molecular formula is C12H15BrClFN2. The third-order valence-electron chi connectivity index (χ3n) is 3.38. The van der Waals surface area contributed by atoms with E-state index in [9.17, 15) is 4.39 Å². The van der Waals surface area contributed by atoms with E-state index in [1.165, 1.54) is 0 Å². The molecule has 1 fully saturated rings. The first-order chi connectivity index (χ1) is 8.04. The van der Waals surface area contributed by atoms with Crippen LogP contribution in [0.4, 0.5) is 4.39 Å². The van der Waals surface area contributed by atoms with Gasteiger partial charge in [0.1, 0.15) is 5.82 Å². The Hall–Kier alpha value is -0.160. The minimum absolute atomic E-state index is 0.0218. The van der Waals surface area contributed by atoms with Gasteiger partial charge >= 0.3 is 0 Å². The number of hydrogen-bond donors (Lipinski definition) is 1. The van der Waals surface area contributed by atoms with E-state index in [-0.39, 0.29) is 11.9 Å². The fourth-order valence-corrected chi connectivity index (χ4v) is 3.08. The van der Waals surface area contributed by atoms with Crippen LogP contribution in [0.1, 0.15) is 18.0 Å². The van der Waals surface area contributed by atoms with E-state index < -0.39 is 0 Å². The molecule has 2 N–H and O–H groups in total. The Morgan fingerprint density at radius 2 is 2.29 bits per heavy atom. The maximum Gasteiger partial charge on any atom is 0.143 e. The molecule has 0 spiro atoms. The van der Waals surface area contributed by atoms with Crippen LogP contribution in [0.5, 0.6) is 0 Å². The lowest BCUT2D eigenvalue weighted by atomic mass is 9.99. The van der Waals surface area contributed by atoms with E-state index in [1.54, 1.807) is 12.1 Å². The molecule has 2 atom stereocenters. The van der Waals surface area contributed by atoms with Gasteiger partial charge in [-0.2, -0.15) is 0 Å². The topological polar surface area (TPSA) is 29.3 Å². The molecule has 0 saturated carbocycles. The molecule has 0 radical (unpaired) electrons. The molecule has 94 valence electrons. The molecule has 1 aliphatic rings. The summed E-state index contributed by atoms with van der Waals surface area (Å²) in [7, 11) is 1.98. The highest BCUT2D eigenvalue weighted by Gasteiger charge is 2.33. The molecule has 2 unspecified atom stereocenters. The Bertz CT molecular complexity index is 427. The lowest BCUT2D eigenvalue weighted by Crippen LogP contribution is -2.21. The van der Waals surface area contributed by atoms with Gasteiger partial charge in [-0.1, -0.05) is 11.6 Å². The average Bonchev–Trinajstić information content (AvgIpc) is 2.66. The lowest BCUT2D eigenvalue weighted by molar-refractivity contribution is 0.306. The third-order valence-corrected chi connectivity index (χ3v) is 4.32. The Balaban J connectivity index is 2.37. The molecule has 1 saturated heterocycles. The Kier molecular flexibility index (Phi) is 4.08. The normalized spacial score (nSPS) is 25.5. The van der Waals surface area contributed by atoms with Crippen LogP contribution in [0.2, 0.25) is 5.02 Å². The van der Waals surface area contributed by atoms with Gasteiger partial charge in [0, 0.05) is 23.2 Å². The second kappa shape index (κ2) is 5.22. The van der Waals surface area contributed by atoms with Crippen molar-refractivity contribution in [2.45, 2.75) is 12.5 Å². The predicted octanol–water partition coefficient (Wildman–Crippen LogP) is 3.19. The van der Waals surface area contributed by atoms with Crippen molar-refractivity contribution in [2.75, 3.05) is 20.1 Å². The Morgan fingerprint density at radius 3 is 2.88 bits per heavy atom. The molecule has 2 nitrogen and oxygen atoms in total. The average molecular weight is 322 g/mol. The first kappa shape index (κ1) is 13.3. The minimum atomic E-state index is -0.257. The Labute approximate surface area is 114 Å². The molecule has 1 aromatic rings. The molecule has 0 aliphatic carbocycles. The van der Waals surface area contributed by atoms with E-state index in [0.717, 1.165) is 13.0 Å². The van der Waals surface area contributed by atoms with Gasteiger partial charge in [-0.05, 0) is 54.0 Å². The highest BCUT2D eigenvalue weighted by atomic mass is 79.9. The monoisotopic (exact) mass is 320 g/mol. The van der Waals surface area contributed by atoms with E-state index in [1.807, 2.05) is 7.05 Å². The summed E-state index contributed by atoms with van der Waals surface area (Å²) in [5.74, 6) is 0.159. The third kappa shape index (κ3) is 2.50. The summed E-state index contributed by atoms with van der Waals surface area (Å²) in [4.78, 5) is 2.12. The number of likely N-dealkylation sites (tertiary alicyclic amines) is 1. The molecule has 1 aromatic carbocycles. The molecule has 1 heterocycles. The predicted molar refractivity (Wildman–Crippen MR) is 71.6 cm³/mol. The summed E-state index contributed by atoms with van der Waals surface area (Å²) in [5.41, 5.74) is 6.26. The minimum Gasteiger partial charge on any atom is -0.330 e. The molecule has 1 aliphatic heterocycles. The molecule has 2 rings (SSSR count). The molecular weight excluding hydrogens is 307 g/mol. The molecule has 0 aromatic heterocycles. The largest absolute Gasteiger partial charge is 0.330 e. The number of hydrogen-bond acceptors (Lipinski definition) is 2. The van der Waals surface area contributed by atoms with Crippen LogP contribution in [0.3, 0.4) is 0 Å². The molecule has 0 amide bonds. The number of nitrogens with two attached hydrogens (primary N) is 1. The van der Waals surface area contributed by atoms with E-state index in [4.69, 9.17) is 17.3 Å². The van der Waals surface area contributed by atoms with E-state index >= 15 is 0 Å². The zero-order chi connectivity index (χ0) is 12.6. The second-order valence-corrected chi connectivity index (χ2v) is 5.81. The van der Waals surface area contributed by atoms with Crippen molar-refractivity contribution in [1.29, 1.82) is 0 Å². The molecule has 0 bridgehead atoms. The maximum absolute atomic E-state index is 14.1. The fourth-order valence-electron chi connectivity index (χ4n) is 2.46. The van der Waals surface area contributed by atoms with Crippen molar-refractivity contribution in [3.63, 3.8) is 0 Å². The van der Waals surface area contributed by atoms with Crippen molar-refractivity contribution < 1.29 is 4.39 Å². The highest BCUT2D eigenvalue weighted by Crippen LogP contribution is 2.40. The van der Waals surface area contributed by atoms with Gasteiger partial charge < -0.3 is 5.73 Å². The number of nitrogens with zero attached hydrogens (tertiary/aromatic N) is 1. The summed E-state index contributed by atoms with van der Waals surface area (Å²) in [5, 5.41) is 0.486. The van der Waals surface area contributed by atoms with Crippen LogP contribution in [-0.2, 0) is 0 Å². The van der Waals surface area contributed by atoms with Gasteiger partial charge in [-0.3, -0.25) is 4.90 Å². The quantitative estimate of drug-likeness (QED) is 0.848. The van der Waals surface area contributed by atoms with Crippen molar-refractivity contribution in [3.05, 3.63) is 33.0 Å². The maximum atomic E-state index is 14.1. The van der Waals surface area contributed by atoms with Gasteiger partial charge in [0.05, 0.1) is 4.47 Å². The van der Waals surface area contributed by atoms with Gasteiger partial charge in [0.15, 0.2) is 0 Å². The molecule has 5 heteroatoms. The van der Waals surface area contributed by atoms with E-state index in [2.05, 4.69) is 20.8 Å². The number of halogens is 3. The summed E-state index contributed by atoms with van der Waals surface area (Å²) >= 11 is 9.32. The first-order valence-corrected chi connectivity index (χ1v) is 6.75. The van der Waals surface area contributed by atoms with E-state index in [0.29, 0.717) is 27.5 Å². The SMILES string of the molecule is CN1CC(CN)CC1c1c(Cl)ccc(Br)c1F. The van der Waals surface area contributed by atoms with Gasteiger partial charge in [-0.25, -0.2) is 4.39 Å². The van der Waals surface area contributed by atoms with Crippen molar-refractivity contribution in [3.8, 4) is 0 Å². The van der Waals surface area contributed by atoms with Gasteiger partial charge in [-0.15, -0.1) is 0 Å². The van der Waals surface area contributed by atoms with Crippen LogP contribution in [-0.4, -0.2) is 25.0 Å². The number of benzene rings is 1. The smallest absolute Gasteiger partial charge is 0.143 e. The van der Waals surface area contributed by atoms with Crippen LogP contribution >= 0.6 is 27.5 Å². The number of rotatable bonds is 2. The zero-order valence-corrected chi connectivity index (χ0v) is 11.9. The van der Waals surface area contributed by atoms with Crippen molar-refractivity contribution >= 4 is 27.5 Å². The highest BCUT2D eigenvalue weighted by molar-refractivity contribution is 9.10. The zero-order valence-electron chi connectivity index (χ0n) is 9.59. The van der Waals surface area contributed by atoms with Crippen molar-refractivity contribution in [2.24, 2.45) is 11.7 Å². The lowest BCUT2D eigenvalue weighted by Gasteiger charge is -2.21. The van der Waals surface area contributed by atoms with Crippen LogP contribution in [0, 0.1) is 11.7 Å². The van der Waals surface area contributed by atoms with Crippen molar-refractivity contribution in [1.82, 2.24) is 4.90 Å². The second-order valence-electron chi connectivity index (χ2n) is 4.55. The first-order valence-electron chi connectivity index (χ1n) is 5.58. The summed E-state index contributed by atoms with van der Waals surface area (Å²) in [6.07, 6.45) is 0.861. The standard InChI is InChI=1S/C12H15BrClFN2/c1-17-6-7(5-16)4-10(17)11-9(14)3-2-8(13)12(11)15/h2-3,7,10H,4-6,16H2,1H3. The fraction of sp³-hybridized carbons (Fsp3) is 0.500. The van der Waals surface area contributed by atoms with Crippen LogP contribution in [0.15, 0.2) is 16.6 Å². The Morgan fingerprint density at radius 1 is 1.59 bits per heavy atom. The summed E-state index contributed by atoms with van der Waals surface area (Å²) < 4.78 is 14.6. The summed E-state index contributed by atoms with van der Waals surface area (Å²) in [6.45, 7) is 1.53. The van der Waals surface area contributed by atoms with Gasteiger partial charge in [0.25, 0.3) is 0 Å². The molecule has 17 heavy (non-hydrogen) atoms. The van der Waals surface area contributed by atoms with Crippen LogP contribution in [0.25, 0.3) is 0 Å². The van der Waals surface area contributed by atoms with Gasteiger partial charge in [0.2, 0.25) is 0 Å².